The predicted octanol–water partition coefficient (Wildman–Crippen LogP) is 4.27. The van der Waals surface area contributed by atoms with Crippen LogP contribution in [0.2, 0.25) is 0 Å². The Balaban J connectivity index is 2.24. The van der Waals surface area contributed by atoms with Crippen molar-refractivity contribution in [1.29, 1.82) is 0 Å². The van der Waals surface area contributed by atoms with E-state index in [0.717, 1.165) is 11.1 Å². The van der Waals surface area contributed by atoms with E-state index in [4.69, 9.17) is 9.47 Å². The molecule has 2 rings (SSSR count). The summed E-state index contributed by atoms with van der Waals surface area (Å²) >= 11 is 3.48. The highest BCUT2D eigenvalue weighted by atomic mass is 79.9. The average Bonchev–Trinajstić information content (AvgIpc) is 2.56. The molecule has 0 saturated carbocycles. The molecule has 0 bridgehead atoms. The van der Waals surface area contributed by atoms with Crippen LogP contribution in [0.4, 0.5) is 0 Å². The van der Waals surface area contributed by atoms with Crippen molar-refractivity contribution in [3.8, 4) is 0 Å². The Morgan fingerprint density at radius 3 is 2.18 bits per heavy atom. The van der Waals surface area contributed by atoms with E-state index in [9.17, 15) is 4.79 Å². The van der Waals surface area contributed by atoms with Gasteiger partial charge >= 0.3 is 5.97 Å². The fourth-order valence-corrected chi connectivity index (χ4v) is 2.81. The topological polar surface area (TPSA) is 35.5 Å². The first-order valence-corrected chi connectivity index (χ1v) is 7.83. The molecule has 0 aliphatic heterocycles. The lowest BCUT2D eigenvalue weighted by Gasteiger charge is -2.30. The van der Waals surface area contributed by atoms with Gasteiger partial charge in [0.25, 0.3) is 0 Å². The van der Waals surface area contributed by atoms with Crippen molar-refractivity contribution in [2.75, 3.05) is 7.11 Å². The van der Waals surface area contributed by atoms with Gasteiger partial charge in [0.05, 0.1) is 13.7 Å². The molecule has 0 aromatic heterocycles. The molecule has 0 aliphatic carbocycles. The minimum Gasteiger partial charge on any atom is -0.468 e. The quantitative estimate of drug-likeness (QED) is 0.568. The molecule has 0 heterocycles. The van der Waals surface area contributed by atoms with Crippen molar-refractivity contribution < 1.29 is 14.3 Å². The van der Waals surface area contributed by atoms with Gasteiger partial charge in [-0.05, 0) is 18.1 Å². The Labute approximate surface area is 139 Å². The van der Waals surface area contributed by atoms with Gasteiger partial charge in [-0.3, -0.25) is 4.79 Å². The van der Waals surface area contributed by atoms with Crippen molar-refractivity contribution in [2.45, 2.75) is 24.0 Å². The molecule has 2 atom stereocenters. The summed E-state index contributed by atoms with van der Waals surface area (Å²) in [6.07, 6.45) is -0.457. The van der Waals surface area contributed by atoms with Gasteiger partial charge < -0.3 is 9.47 Å². The molecule has 3 nitrogen and oxygen atoms in total. The summed E-state index contributed by atoms with van der Waals surface area (Å²) in [6, 6.07) is 19.5. The first kappa shape index (κ1) is 16.7. The van der Waals surface area contributed by atoms with Crippen LogP contribution in [0.1, 0.15) is 24.2 Å². The summed E-state index contributed by atoms with van der Waals surface area (Å²) in [7, 11) is 1.38. The van der Waals surface area contributed by atoms with Gasteiger partial charge in [0.1, 0.15) is 6.10 Å². The number of halogens is 1. The standard InChI is InChI=1S/C18H19BrO3/c1-18(19,17(20)21-2)16(15-11-7-4-8-12-15)22-13-14-9-5-3-6-10-14/h3-12,16H,13H2,1-2H3/t16-,18-/m1/s1. The molecule has 2 aromatic carbocycles. The average molecular weight is 363 g/mol. The van der Waals surface area contributed by atoms with Gasteiger partial charge in [-0.1, -0.05) is 76.6 Å². The fourth-order valence-electron chi connectivity index (χ4n) is 2.25. The Morgan fingerprint density at radius 2 is 1.64 bits per heavy atom. The maximum atomic E-state index is 12.1. The second kappa shape index (κ2) is 7.56. The molecule has 0 radical (unpaired) electrons. The Kier molecular flexibility index (Phi) is 5.75. The SMILES string of the molecule is COC(=O)[C@](C)(Br)[C@H](OCc1ccccc1)c1ccccc1. The van der Waals surface area contributed by atoms with E-state index in [1.807, 2.05) is 60.7 Å². The third-order valence-corrected chi connectivity index (χ3v) is 4.18. The number of hydrogen-bond acceptors (Lipinski definition) is 3. The molecular formula is C18H19BrO3. The van der Waals surface area contributed by atoms with Crippen LogP contribution in [0, 0.1) is 0 Å². The van der Waals surface area contributed by atoms with Gasteiger partial charge in [0.2, 0.25) is 0 Å². The smallest absolute Gasteiger partial charge is 0.325 e. The zero-order chi connectivity index (χ0) is 16.0. The second-order valence-corrected chi connectivity index (χ2v) is 6.80. The molecule has 0 saturated heterocycles. The highest BCUT2D eigenvalue weighted by Crippen LogP contribution is 2.38. The van der Waals surface area contributed by atoms with E-state index in [-0.39, 0.29) is 5.97 Å². The summed E-state index contributed by atoms with van der Waals surface area (Å²) in [5, 5.41) is 0. The number of rotatable bonds is 6. The lowest BCUT2D eigenvalue weighted by Crippen LogP contribution is -2.38. The third kappa shape index (κ3) is 3.96. The van der Waals surface area contributed by atoms with Crippen molar-refractivity contribution >= 4 is 21.9 Å². The van der Waals surface area contributed by atoms with Crippen molar-refractivity contribution in [2.24, 2.45) is 0 Å². The molecular weight excluding hydrogens is 344 g/mol. The van der Waals surface area contributed by atoms with Crippen LogP contribution in [0.15, 0.2) is 60.7 Å². The number of alkyl halides is 1. The van der Waals surface area contributed by atoms with E-state index in [2.05, 4.69) is 15.9 Å². The van der Waals surface area contributed by atoms with E-state index < -0.39 is 10.4 Å². The Bertz CT molecular complexity index is 596. The van der Waals surface area contributed by atoms with Crippen LogP contribution < -0.4 is 0 Å². The molecule has 0 spiro atoms. The molecule has 2 aromatic rings. The molecule has 0 amide bonds. The normalized spacial score (nSPS) is 14.9. The number of benzene rings is 2. The number of ether oxygens (including phenoxy) is 2. The highest BCUT2D eigenvalue weighted by molar-refractivity contribution is 9.10. The summed E-state index contributed by atoms with van der Waals surface area (Å²) < 4.78 is 10.00. The zero-order valence-electron chi connectivity index (χ0n) is 12.7. The van der Waals surface area contributed by atoms with Crippen molar-refractivity contribution in [3.63, 3.8) is 0 Å². The largest absolute Gasteiger partial charge is 0.468 e. The van der Waals surface area contributed by atoms with Crippen molar-refractivity contribution in [3.05, 3.63) is 71.8 Å². The Hall–Kier alpha value is -1.65. The molecule has 116 valence electrons. The maximum absolute atomic E-state index is 12.1. The van der Waals surface area contributed by atoms with Gasteiger partial charge in [-0.15, -0.1) is 0 Å². The number of hydrogen-bond donors (Lipinski definition) is 0. The monoisotopic (exact) mass is 362 g/mol. The van der Waals surface area contributed by atoms with Crippen LogP contribution in [0.3, 0.4) is 0 Å². The summed E-state index contributed by atoms with van der Waals surface area (Å²) in [4.78, 5) is 12.1. The van der Waals surface area contributed by atoms with Crippen molar-refractivity contribution in [1.82, 2.24) is 0 Å². The van der Waals surface area contributed by atoms with E-state index >= 15 is 0 Å². The van der Waals surface area contributed by atoms with Crippen LogP contribution >= 0.6 is 15.9 Å². The number of carbonyl (C=O) groups is 1. The lowest BCUT2D eigenvalue weighted by atomic mass is 9.97. The first-order chi connectivity index (χ1) is 10.6. The predicted molar refractivity (Wildman–Crippen MR) is 89.8 cm³/mol. The maximum Gasteiger partial charge on any atom is 0.325 e. The fraction of sp³-hybridized carbons (Fsp3) is 0.278. The first-order valence-electron chi connectivity index (χ1n) is 7.03. The molecule has 0 N–H and O–H groups in total. The zero-order valence-corrected chi connectivity index (χ0v) is 14.2. The van der Waals surface area contributed by atoms with Crippen LogP contribution in [-0.2, 0) is 20.9 Å². The minimum atomic E-state index is -0.960. The molecule has 4 heteroatoms. The third-order valence-electron chi connectivity index (χ3n) is 3.44. The van der Waals surface area contributed by atoms with Gasteiger partial charge in [0.15, 0.2) is 4.32 Å². The molecule has 0 unspecified atom stereocenters. The number of esters is 1. The van der Waals surface area contributed by atoms with Gasteiger partial charge in [-0.2, -0.15) is 0 Å². The molecule has 0 fully saturated rings. The minimum absolute atomic E-state index is 0.366. The second-order valence-electron chi connectivity index (χ2n) is 5.15. The van der Waals surface area contributed by atoms with Crippen LogP contribution in [0.5, 0.6) is 0 Å². The van der Waals surface area contributed by atoms with Gasteiger partial charge in [0, 0.05) is 0 Å². The van der Waals surface area contributed by atoms with E-state index in [1.54, 1.807) is 6.92 Å². The number of carbonyl (C=O) groups excluding carboxylic acids is 1. The van der Waals surface area contributed by atoms with E-state index in [1.165, 1.54) is 7.11 Å². The van der Waals surface area contributed by atoms with Crippen LogP contribution in [0.25, 0.3) is 0 Å². The molecule has 22 heavy (non-hydrogen) atoms. The summed E-state index contributed by atoms with van der Waals surface area (Å²) in [5.41, 5.74) is 1.97. The van der Waals surface area contributed by atoms with Gasteiger partial charge in [-0.25, -0.2) is 0 Å². The molecule has 0 aliphatic rings. The highest BCUT2D eigenvalue weighted by Gasteiger charge is 2.42. The Morgan fingerprint density at radius 1 is 1.09 bits per heavy atom. The van der Waals surface area contributed by atoms with Crippen LogP contribution in [-0.4, -0.2) is 17.4 Å². The summed E-state index contributed by atoms with van der Waals surface area (Å²) in [5.74, 6) is -0.366. The van der Waals surface area contributed by atoms with E-state index in [0.29, 0.717) is 6.61 Å². The summed E-state index contributed by atoms with van der Waals surface area (Å²) in [6.45, 7) is 2.18. The number of methoxy groups -OCH3 is 1. The lowest BCUT2D eigenvalue weighted by molar-refractivity contribution is -0.147.